The van der Waals surface area contributed by atoms with Crippen molar-refractivity contribution >= 4 is 28.0 Å². The zero-order valence-electron chi connectivity index (χ0n) is 16.5. The van der Waals surface area contributed by atoms with Crippen LogP contribution in [0.3, 0.4) is 0 Å². The molecule has 1 aliphatic heterocycles. The van der Waals surface area contributed by atoms with Gasteiger partial charge in [-0.15, -0.1) is 0 Å². The highest BCUT2D eigenvalue weighted by molar-refractivity contribution is 6.01. The number of para-hydroxylation sites is 1. The van der Waals surface area contributed by atoms with Crippen molar-refractivity contribution in [3.8, 4) is 0 Å². The Morgan fingerprint density at radius 2 is 2.00 bits per heavy atom. The number of rotatable bonds is 4. The summed E-state index contributed by atoms with van der Waals surface area (Å²) in [5, 5.41) is 7.79. The SMILES string of the molecule is Cc1nc(CN2CCN(C(=O)Cn3cnc4c(oc5ccccc54)c3=O)CC2)n[nH]1. The van der Waals surface area contributed by atoms with Crippen molar-refractivity contribution in [1.29, 1.82) is 0 Å². The molecule has 5 rings (SSSR count). The number of aryl methyl sites for hydroxylation is 1. The third-order valence-electron chi connectivity index (χ3n) is 5.39. The minimum Gasteiger partial charge on any atom is -0.448 e. The van der Waals surface area contributed by atoms with Crippen LogP contribution in [0.4, 0.5) is 0 Å². The van der Waals surface area contributed by atoms with Gasteiger partial charge < -0.3 is 9.32 Å². The average molecular weight is 407 g/mol. The van der Waals surface area contributed by atoms with Crippen LogP contribution in [0.5, 0.6) is 0 Å². The lowest BCUT2D eigenvalue weighted by molar-refractivity contribution is -0.133. The molecular weight excluding hydrogens is 386 g/mol. The minimum absolute atomic E-state index is 0.0566. The maximum atomic E-state index is 12.8. The first-order valence-electron chi connectivity index (χ1n) is 9.83. The fourth-order valence-corrected chi connectivity index (χ4v) is 3.79. The highest BCUT2D eigenvalue weighted by Crippen LogP contribution is 2.24. The summed E-state index contributed by atoms with van der Waals surface area (Å²) in [6.07, 6.45) is 1.42. The molecule has 1 fully saturated rings. The van der Waals surface area contributed by atoms with E-state index in [0.717, 1.165) is 30.1 Å². The van der Waals surface area contributed by atoms with Crippen LogP contribution in [-0.4, -0.2) is 66.6 Å². The Hall–Kier alpha value is -3.53. The number of carbonyl (C=O) groups excluding carboxylic acids is 1. The second-order valence-electron chi connectivity index (χ2n) is 7.45. The van der Waals surface area contributed by atoms with Gasteiger partial charge in [0.05, 0.1) is 12.9 Å². The highest BCUT2D eigenvalue weighted by Gasteiger charge is 2.23. The molecule has 30 heavy (non-hydrogen) atoms. The molecule has 0 spiro atoms. The van der Waals surface area contributed by atoms with Crippen LogP contribution in [0.25, 0.3) is 22.1 Å². The van der Waals surface area contributed by atoms with Gasteiger partial charge in [0, 0.05) is 31.6 Å². The lowest BCUT2D eigenvalue weighted by atomic mass is 10.2. The predicted molar refractivity (Wildman–Crippen MR) is 109 cm³/mol. The number of aromatic nitrogens is 5. The number of nitrogens with one attached hydrogen (secondary N) is 1. The lowest BCUT2D eigenvalue weighted by Crippen LogP contribution is -2.49. The number of fused-ring (bicyclic) bond motifs is 3. The second kappa shape index (κ2) is 7.38. The molecule has 1 amide bonds. The quantitative estimate of drug-likeness (QED) is 0.535. The molecular formula is C20H21N7O3. The van der Waals surface area contributed by atoms with E-state index in [1.807, 2.05) is 25.1 Å². The molecule has 4 aromatic rings. The third kappa shape index (κ3) is 3.35. The van der Waals surface area contributed by atoms with E-state index in [4.69, 9.17) is 4.42 Å². The molecule has 1 aromatic carbocycles. The Labute approximate surface area is 171 Å². The first kappa shape index (κ1) is 18.5. The largest absolute Gasteiger partial charge is 0.448 e. The van der Waals surface area contributed by atoms with Crippen molar-refractivity contribution in [2.45, 2.75) is 20.0 Å². The van der Waals surface area contributed by atoms with E-state index >= 15 is 0 Å². The van der Waals surface area contributed by atoms with Crippen LogP contribution in [0, 0.1) is 6.92 Å². The van der Waals surface area contributed by atoms with E-state index in [2.05, 4.69) is 25.1 Å². The number of piperazine rings is 1. The number of carbonyl (C=O) groups is 1. The molecule has 0 aliphatic carbocycles. The van der Waals surface area contributed by atoms with Gasteiger partial charge >= 0.3 is 0 Å². The lowest BCUT2D eigenvalue weighted by Gasteiger charge is -2.34. The fourth-order valence-electron chi connectivity index (χ4n) is 3.79. The molecule has 4 heterocycles. The fraction of sp³-hybridized carbons (Fsp3) is 0.350. The molecule has 3 aromatic heterocycles. The van der Waals surface area contributed by atoms with E-state index in [9.17, 15) is 9.59 Å². The van der Waals surface area contributed by atoms with Crippen LogP contribution in [-0.2, 0) is 17.9 Å². The number of H-pyrrole nitrogens is 1. The first-order chi connectivity index (χ1) is 14.6. The predicted octanol–water partition coefficient (Wildman–Crippen LogP) is 0.914. The molecule has 1 aliphatic rings. The second-order valence-corrected chi connectivity index (χ2v) is 7.45. The van der Waals surface area contributed by atoms with Crippen molar-refractivity contribution < 1.29 is 9.21 Å². The zero-order chi connectivity index (χ0) is 20.7. The van der Waals surface area contributed by atoms with E-state index in [1.165, 1.54) is 10.9 Å². The van der Waals surface area contributed by atoms with Crippen LogP contribution in [0.15, 0.2) is 39.8 Å². The van der Waals surface area contributed by atoms with Crippen LogP contribution in [0.1, 0.15) is 11.6 Å². The molecule has 1 saturated heterocycles. The van der Waals surface area contributed by atoms with Crippen molar-refractivity contribution in [3.05, 3.63) is 52.6 Å². The molecule has 1 N–H and O–H groups in total. The summed E-state index contributed by atoms with van der Waals surface area (Å²) in [6.45, 7) is 5.11. The zero-order valence-corrected chi connectivity index (χ0v) is 16.5. The van der Waals surface area contributed by atoms with Gasteiger partial charge in [-0.3, -0.25) is 24.2 Å². The normalized spacial score (nSPS) is 15.3. The Kier molecular flexibility index (Phi) is 4.55. The molecule has 154 valence electrons. The van der Waals surface area contributed by atoms with E-state index < -0.39 is 0 Å². The summed E-state index contributed by atoms with van der Waals surface area (Å²) >= 11 is 0. The molecule has 0 unspecified atom stereocenters. The molecule has 0 bridgehead atoms. The van der Waals surface area contributed by atoms with Crippen LogP contribution in [0.2, 0.25) is 0 Å². The molecule has 0 radical (unpaired) electrons. The first-order valence-corrected chi connectivity index (χ1v) is 9.83. The standard InChI is InChI=1S/C20H21N7O3/c1-13-22-16(24-23-13)10-25-6-8-26(9-7-25)17(28)11-27-12-21-18-14-4-2-3-5-15(14)30-19(18)20(27)29/h2-5,12H,6-11H2,1H3,(H,22,23,24). The number of hydrogen-bond acceptors (Lipinski definition) is 7. The molecule has 10 heteroatoms. The van der Waals surface area contributed by atoms with E-state index in [1.54, 1.807) is 11.0 Å². The molecule has 0 saturated carbocycles. The van der Waals surface area contributed by atoms with Gasteiger partial charge in [-0.05, 0) is 19.1 Å². The maximum absolute atomic E-state index is 12.8. The number of amides is 1. The van der Waals surface area contributed by atoms with Crippen LogP contribution < -0.4 is 5.56 Å². The number of aromatic amines is 1. The summed E-state index contributed by atoms with van der Waals surface area (Å²) in [4.78, 5) is 38.2. The van der Waals surface area contributed by atoms with Gasteiger partial charge in [0.1, 0.15) is 23.5 Å². The van der Waals surface area contributed by atoms with Gasteiger partial charge in [0.25, 0.3) is 5.56 Å². The monoisotopic (exact) mass is 407 g/mol. The van der Waals surface area contributed by atoms with Crippen molar-refractivity contribution in [1.82, 2.24) is 34.5 Å². The van der Waals surface area contributed by atoms with E-state index in [-0.39, 0.29) is 23.6 Å². The molecule has 0 atom stereocenters. The number of benzene rings is 1. The van der Waals surface area contributed by atoms with Gasteiger partial charge in [-0.1, -0.05) is 12.1 Å². The minimum atomic E-state index is -0.344. The number of furan rings is 1. The molecule has 10 nitrogen and oxygen atoms in total. The third-order valence-corrected chi connectivity index (χ3v) is 5.39. The van der Waals surface area contributed by atoms with Crippen LogP contribution >= 0.6 is 0 Å². The van der Waals surface area contributed by atoms with Gasteiger partial charge in [0.15, 0.2) is 5.82 Å². The number of hydrogen-bond donors (Lipinski definition) is 1. The summed E-state index contributed by atoms with van der Waals surface area (Å²) in [7, 11) is 0. The highest BCUT2D eigenvalue weighted by atomic mass is 16.3. The topological polar surface area (TPSA) is 113 Å². The summed E-state index contributed by atoms with van der Waals surface area (Å²) < 4.78 is 7.00. The van der Waals surface area contributed by atoms with E-state index in [0.29, 0.717) is 30.7 Å². The summed E-state index contributed by atoms with van der Waals surface area (Å²) in [5.74, 6) is 1.44. The van der Waals surface area contributed by atoms with Crippen molar-refractivity contribution in [3.63, 3.8) is 0 Å². The smallest absolute Gasteiger partial charge is 0.297 e. The Morgan fingerprint density at radius 3 is 2.77 bits per heavy atom. The van der Waals surface area contributed by atoms with Gasteiger partial charge in [-0.25, -0.2) is 9.97 Å². The Balaban J connectivity index is 1.26. The van der Waals surface area contributed by atoms with Gasteiger partial charge in [0.2, 0.25) is 11.5 Å². The summed E-state index contributed by atoms with van der Waals surface area (Å²) in [6, 6.07) is 7.38. The average Bonchev–Trinajstić information content (AvgIpc) is 3.34. The maximum Gasteiger partial charge on any atom is 0.297 e. The van der Waals surface area contributed by atoms with Gasteiger partial charge in [-0.2, -0.15) is 5.10 Å². The Bertz CT molecular complexity index is 1280. The summed E-state index contributed by atoms with van der Waals surface area (Å²) in [5.41, 5.74) is 0.968. The Morgan fingerprint density at radius 1 is 1.20 bits per heavy atom. The number of nitrogens with zero attached hydrogens (tertiary/aromatic N) is 6. The van der Waals surface area contributed by atoms with Crippen molar-refractivity contribution in [2.24, 2.45) is 0 Å². The van der Waals surface area contributed by atoms with Crippen molar-refractivity contribution in [2.75, 3.05) is 26.2 Å².